The van der Waals surface area contributed by atoms with E-state index in [4.69, 9.17) is 10.5 Å². The van der Waals surface area contributed by atoms with Gasteiger partial charge in [0, 0.05) is 18.9 Å². The monoisotopic (exact) mass is 243 g/mol. The van der Waals surface area contributed by atoms with E-state index in [-0.39, 0.29) is 0 Å². The summed E-state index contributed by atoms with van der Waals surface area (Å²) in [5, 5.41) is 0. The third-order valence-corrected chi connectivity index (χ3v) is 2.61. The maximum atomic E-state index is 5.68. The molecule has 2 rings (SSSR count). The summed E-state index contributed by atoms with van der Waals surface area (Å²) in [4.78, 5) is 8.27. The molecule has 94 valence electrons. The van der Waals surface area contributed by atoms with Gasteiger partial charge >= 0.3 is 0 Å². The van der Waals surface area contributed by atoms with Gasteiger partial charge in [-0.3, -0.25) is 4.98 Å². The second-order valence-electron chi connectivity index (χ2n) is 4.01. The van der Waals surface area contributed by atoms with E-state index in [9.17, 15) is 0 Å². The van der Waals surface area contributed by atoms with Crippen LogP contribution in [-0.4, -0.2) is 9.97 Å². The summed E-state index contributed by atoms with van der Waals surface area (Å²) >= 11 is 0. The fraction of sp³-hybridized carbons (Fsp3) is 0.286. The molecule has 0 radical (unpaired) electrons. The van der Waals surface area contributed by atoms with E-state index < -0.39 is 0 Å². The molecular weight excluding hydrogens is 226 g/mol. The van der Waals surface area contributed by atoms with Crippen molar-refractivity contribution in [2.24, 2.45) is 5.73 Å². The number of hydrogen-bond acceptors (Lipinski definition) is 4. The van der Waals surface area contributed by atoms with Gasteiger partial charge in [-0.2, -0.15) is 0 Å². The lowest BCUT2D eigenvalue weighted by molar-refractivity contribution is 0.452. The van der Waals surface area contributed by atoms with Crippen LogP contribution >= 0.6 is 0 Å². The van der Waals surface area contributed by atoms with Gasteiger partial charge in [0.25, 0.3) is 0 Å². The first-order chi connectivity index (χ1) is 8.83. The fourth-order valence-electron chi connectivity index (χ4n) is 1.70. The number of aromatic nitrogens is 2. The minimum Gasteiger partial charge on any atom is -0.437 e. The van der Waals surface area contributed by atoms with Crippen molar-refractivity contribution >= 4 is 0 Å². The number of nitrogens with two attached hydrogens (primary N) is 1. The Balaban J connectivity index is 2.13. The van der Waals surface area contributed by atoms with Crippen LogP contribution < -0.4 is 10.5 Å². The standard InChI is InChI=1S/C14H17N3O/c1-2-3-11-4-6-12(7-5-11)18-14-13(10-15)16-8-9-17-14/h4-9H,2-3,10,15H2,1H3. The number of nitrogens with zero attached hydrogens (tertiary/aromatic N) is 2. The lowest BCUT2D eigenvalue weighted by Gasteiger charge is -2.08. The number of ether oxygens (including phenoxy) is 1. The average molecular weight is 243 g/mol. The number of benzene rings is 1. The first kappa shape index (κ1) is 12.5. The van der Waals surface area contributed by atoms with Crippen LogP contribution in [0.25, 0.3) is 0 Å². The lowest BCUT2D eigenvalue weighted by atomic mass is 10.1. The van der Waals surface area contributed by atoms with Crippen molar-refractivity contribution < 1.29 is 4.74 Å². The molecule has 0 aliphatic carbocycles. The van der Waals surface area contributed by atoms with Gasteiger partial charge in [0.05, 0.1) is 0 Å². The average Bonchev–Trinajstić information content (AvgIpc) is 2.42. The van der Waals surface area contributed by atoms with Crippen LogP contribution in [-0.2, 0) is 13.0 Å². The van der Waals surface area contributed by atoms with E-state index in [0.29, 0.717) is 18.1 Å². The Morgan fingerprint density at radius 2 is 1.83 bits per heavy atom. The highest BCUT2D eigenvalue weighted by Crippen LogP contribution is 2.21. The number of rotatable bonds is 5. The molecule has 0 aliphatic rings. The van der Waals surface area contributed by atoms with Crippen molar-refractivity contribution in [3.8, 4) is 11.6 Å². The zero-order valence-corrected chi connectivity index (χ0v) is 10.5. The van der Waals surface area contributed by atoms with Gasteiger partial charge in [0.15, 0.2) is 0 Å². The smallest absolute Gasteiger partial charge is 0.242 e. The maximum absolute atomic E-state index is 5.68. The summed E-state index contributed by atoms with van der Waals surface area (Å²) < 4.78 is 5.68. The Kier molecular flexibility index (Phi) is 4.25. The second kappa shape index (κ2) is 6.12. The first-order valence-electron chi connectivity index (χ1n) is 6.10. The Hall–Kier alpha value is -1.94. The van der Waals surface area contributed by atoms with Crippen molar-refractivity contribution in [3.63, 3.8) is 0 Å². The molecule has 0 aliphatic heterocycles. The third kappa shape index (κ3) is 3.05. The Labute approximate surface area is 107 Å². The SMILES string of the molecule is CCCc1ccc(Oc2nccnc2CN)cc1. The highest BCUT2D eigenvalue weighted by Gasteiger charge is 2.05. The molecule has 0 unspecified atom stereocenters. The predicted molar refractivity (Wildman–Crippen MR) is 70.4 cm³/mol. The van der Waals surface area contributed by atoms with E-state index in [1.54, 1.807) is 12.4 Å². The molecular formula is C14H17N3O. The highest BCUT2D eigenvalue weighted by molar-refractivity contribution is 5.31. The lowest BCUT2D eigenvalue weighted by Crippen LogP contribution is -2.03. The van der Waals surface area contributed by atoms with Crippen LogP contribution in [0.4, 0.5) is 0 Å². The topological polar surface area (TPSA) is 61.0 Å². The molecule has 2 N–H and O–H groups in total. The molecule has 18 heavy (non-hydrogen) atoms. The zero-order valence-electron chi connectivity index (χ0n) is 10.5. The quantitative estimate of drug-likeness (QED) is 0.877. The molecule has 0 amide bonds. The maximum Gasteiger partial charge on any atom is 0.242 e. The summed E-state index contributed by atoms with van der Waals surface area (Å²) in [5.41, 5.74) is 7.56. The third-order valence-electron chi connectivity index (χ3n) is 2.61. The van der Waals surface area contributed by atoms with E-state index in [0.717, 1.165) is 18.6 Å². The van der Waals surface area contributed by atoms with Gasteiger partial charge in [-0.1, -0.05) is 25.5 Å². The molecule has 0 saturated carbocycles. The van der Waals surface area contributed by atoms with Gasteiger partial charge in [-0.15, -0.1) is 0 Å². The Bertz CT molecular complexity index is 497. The summed E-state index contributed by atoms with van der Waals surface area (Å²) in [6, 6.07) is 8.02. The number of hydrogen-bond donors (Lipinski definition) is 1. The molecule has 2 aromatic rings. The summed E-state index contributed by atoms with van der Waals surface area (Å²) in [5.74, 6) is 1.23. The zero-order chi connectivity index (χ0) is 12.8. The van der Waals surface area contributed by atoms with Crippen molar-refractivity contribution in [2.45, 2.75) is 26.3 Å². The van der Waals surface area contributed by atoms with Crippen LogP contribution in [0, 0.1) is 0 Å². The van der Waals surface area contributed by atoms with Gasteiger partial charge in [-0.05, 0) is 24.1 Å². The van der Waals surface area contributed by atoms with Crippen molar-refractivity contribution in [1.29, 1.82) is 0 Å². The van der Waals surface area contributed by atoms with Crippen molar-refractivity contribution in [1.82, 2.24) is 9.97 Å². The van der Waals surface area contributed by atoms with Gasteiger partial charge < -0.3 is 10.5 Å². The van der Waals surface area contributed by atoms with Crippen molar-refractivity contribution in [3.05, 3.63) is 47.9 Å². The normalized spacial score (nSPS) is 10.3. The fourth-order valence-corrected chi connectivity index (χ4v) is 1.70. The first-order valence-corrected chi connectivity index (χ1v) is 6.10. The van der Waals surface area contributed by atoms with Crippen LogP contribution in [0.5, 0.6) is 11.6 Å². The molecule has 1 aromatic heterocycles. The molecule has 0 fully saturated rings. The second-order valence-corrected chi connectivity index (χ2v) is 4.01. The van der Waals surface area contributed by atoms with Crippen LogP contribution in [0.2, 0.25) is 0 Å². The van der Waals surface area contributed by atoms with E-state index >= 15 is 0 Å². The minimum atomic E-state index is 0.317. The largest absolute Gasteiger partial charge is 0.437 e. The number of aryl methyl sites for hydroxylation is 1. The van der Waals surface area contributed by atoms with E-state index in [2.05, 4.69) is 29.0 Å². The molecule has 4 nitrogen and oxygen atoms in total. The molecule has 0 spiro atoms. The van der Waals surface area contributed by atoms with Gasteiger partial charge in [0.2, 0.25) is 5.88 Å². The molecule has 1 aromatic carbocycles. The molecule has 1 heterocycles. The summed E-state index contributed by atoms with van der Waals surface area (Å²) in [6.45, 7) is 2.48. The molecule has 0 saturated heterocycles. The van der Waals surface area contributed by atoms with E-state index in [1.807, 2.05) is 12.1 Å². The van der Waals surface area contributed by atoms with E-state index in [1.165, 1.54) is 5.56 Å². The van der Waals surface area contributed by atoms with Crippen molar-refractivity contribution in [2.75, 3.05) is 0 Å². The van der Waals surface area contributed by atoms with Crippen LogP contribution in [0.3, 0.4) is 0 Å². The highest BCUT2D eigenvalue weighted by atomic mass is 16.5. The van der Waals surface area contributed by atoms with Crippen LogP contribution in [0.1, 0.15) is 24.6 Å². The molecule has 0 atom stereocenters. The van der Waals surface area contributed by atoms with Crippen LogP contribution in [0.15, 0.2) is 36.7 Å². The summed E-state index contributed by atoms with van der Waals surface area (Å²) in [6.07, 6.45) is 5.43. The Morgan fingerprint density at radius 1 is 1.11 bits per heavy atom. The molecule has 0 bridgehead atoms. The Morgan fingerprint density at radius 3 is 2.50 bits per heavy atom. The predicted octanol–water partition coefficient (Wildman–Crippen LogP) is 2.68. The molecule has 4 heteroatoms. The van der Waals surface area contributed by atoms with Gasteiger partial charge in [-0.25, -0.2) is 4.98 Å². The minimum absolute atomic E-state index is 0.317. The van der Waals surface area contributed by atoms with Gasteiger partial charge in [0.1, 0.15) is 11.4 Å². The summed E-state index contributed by atoms with van der Waals surface area (Å²) in [7, 11) is 0.